The number of aromatic hydroxyl groups is 1. The predicted octanol–water partition coefficient (Wildman–Crippen LogP) is 4.89. The molecule has 0 fully saturated rings. The molecule has 2 N–H and O–H groups in total. The molecular formula is C23H18BrF3N2O5S. The molecule has 3 aromatic carbocycles. The molecule has 0 aromatic heterocycles. The summed E-state index contributed by atoms with van der Waals surface area (Å²) in [4.78, 5) is 13.6. The van der Waals surface area contributed by atoms with E-state index in [-0.39, 0.29) is 33.5 Å². The largest absolute Gasteiger partial charge is 0.505 e. The second kappa shape index (κ2) is 9.08. The quantitative estimate of drug-likeness (QED) is 0.401. The third kappa shape index (κ3) is 4.80. The molecule has 184 valence electrons. The van der Waals surface area contributed by atoms with Gasteiger partial charge in [-0.15, -0.1) is 0 Å². The number of nitrogens with one attached hydrogen (secondary N) is 1. The van der Waals surface area contributed by atoms with E-state index in [9.17, 15) is 31.5 Å². The fourth-order valence-corrected chi connectivity index (χ4v) is 5.49. The number of sulfonamides is 1. The molecule has 4 rings (SSSR count). The molecular weight excluding hydrogens is 553 g/mol. The van der Waals surface area contributed by atoms with E-state index < -0.39 is 55.8 Å². The van der Waals surface area contributed by atoms with E-state index in [1.807, 2.05) is 4.72 Å². The van der Waals surface area contributed by atoms with E-state index in [0.29, 0.717) is 6.07 Å². The number of fused-ring (bicyclic) bond motifs is 6. The molecule has 0 unspecified atom stereocenters. The number of likely N-dealkylation sites (N-methyl/N-ethyl adjacent to an activating group) is 1. The Labute approximate surface area is 207 Å². The molecule has 1 heterocycles. The highest BCUT2D eigenvalue weighted by molar-refractivity contribution is 9.10. The monoisotopic (exact) mass is 570 g/mol. The average Bonchev–Trinajstić information content (AvgIpc) is 2.77. The molecule has 0 spiro atoms. The predicted molar refractivity (Wildman–Crippen MR) is 125 cm³/mol. The zero-order valence-electron chi connectivity index (χ0n) is 18.3. The smallest absolute Gasteiger partial charge is 0.265 e. The van der Waals surface area contributed by atoms with Gasteiger partial charge in [0.05, 0.1) is 16.7 Å². The van der Waals surface area contributed by atoms with E-state index in [0.717, 1.165) is 24.3 Å². The van der Waals surface area contributed by atoms with Crippen LogP contribution in [0, 0.1) is 17.5 Å². The Kier molecular flexibility index (Phi) is 6.45. The van der Waals surface area contributed by atoms with Gasteiger partial charge < -0.3 is 14.7 Å². The third-order valence-corrected chi connectivity index (χ3v) is 7.29. The van der Waals surface area contributed by atoms with Crippen LogP contribution in [-0.2, 0) is 10.0 Å². The van der Waals surface area contributed by atoms with Gasteiger partial charge in [-0.25, -0.2) is 21.6 Å². The maximum absolute atomic E-state index is 14.8. The second-order valence-electron chi connectivity index (χ2n) is 7.98. The number of anilines is 1. The van der Waals surface area contributed by atoms with Gasteiger partial charge in [0, 0.05) is 29.8 Å². The number of ether oxygens (including phenoxy) is 1. The number of rotatable bonds is 0. The molecule has 3 aromatic rings. The lowest BCUT2D eigenvalue weighted by molar-refractivity contribution is 0.0727. The molecule has 1 amide bonds. The summed E-state index contributed by atoms with van der Waals surface area (Å²) in [6, 6.07) is 6.81. The van der Waals surface area contributed by atoms with Gasteiger partial charge in [-0.1, -0.05) is 0 Å². The Morgan fingerprint density at radius 1 is 1.09 bits per heavy atom. The summed E-state index contributed by atoms with van der Waals surface area (Å²) in [6.07, 6.45) is -0.664. The van der Waals surface area contributed by atoms with E-state index >= 15 is 0 Å². The number of nitrogens with zero attached hydrogens (tertiary/aromatic N) is 1. The highest BCUT2D eigenvalue weighted by Crippen LogP contribution is 2.38. The first kappa shape index (κ1) is 24.9. The average molecular weight is 571 g/mol. The lowest BCUT2D eigenvalue weighted by Gasteiger charge is -2.24. The Morgan fingerprint density at radius 3 is 2.51 bits per heavy atom. The summed E-state index contributed by atoms with van der Waals surface area (Å²) in [5.41, 5.74) is -1.17. The minimum atomic E-state index is -4.67. The molecule has 0 aliphatic carbocycles. The number of carbonyl (C=O) groups excluding carboxylic acids is 1. The van der Waals surface area contributed by atoms with E-state index in [1.54, 1.807) is 6.92 Å². The second-order valence-corrected chi connectivity index (χ2v) is 10.5. The Hall–Kier alpha value is -3.25. The van der Waals surface area contributed by atoms with Crippen LogP contribution < -0.4 is 9.46 Å². The number of amides is 1. The maximum atomic E-state index is 14.8. The highest BCUT2D eigenvalue weighted by atomic mass is 79.9. The zero-order valence-corrected chi connectivity index (χ0v) is 20.7. The summed E-state index contributed by atoms with van der Waals surface area (Å²) in [5.74, 6) is -4.34. The fraction of sp³-hybridized carbons (Fsp3) is 0.174. The number of hydrogen-bond acceptors (Lipinski definition) is 5. The van der Waals surface area contributed by atoms with Crippen molar-refractivity contribution in [2.45, 2.75) is 17.9 Å². The Balaban J connectivity index is 1.99. The van der Waals surface area contributed by atoms with E-state index in [4.69, 9.17) is 4.74 Å². The van der Waals surface area contributed by atoms with Crippen LogP contribution in [0.1, 0.15) is 17.3 Å². The standard InChI is InChI=1S/C23H18BrF3N2O5S/c1-11-10-29(2)23(31)12-5-16(24)22(30)21(6-12)35(32,33)28-19-8-14(17(26)9-18(19)27)15-7-13(25)3-4-20(15)34-11/h3-9,11,28,30H,10H2,1-2H3/t11-/m0/s1. The van der Waals surface area contributed by atoms with Crippen LogP contribution in [0.15, 0.2) is 51.8 Å². The Bertz CT molecular complexity index is 1470. The van der Waals surface area contributed by atoms with Gasteiger partial charge in [0.25, 0.3) is 15.9 Å². The zero-order chi connectivity index (χ0) is 25.7. The van der Waals surface area contributed by atoms with E-state index in [2.05, 4.69) is 15.9 Å². The van der Waals surface area contributed by atoms with Gasteiger partial charge in [0.1, 0.15) is 40.0 Å². The van der Waals surface area contributed by atoms with Gasteiger partial charge in [0.15, 0.2) is 0 Å². The lowest BCUT2D eigenvalue weighted by Crippen LogP contribution is -2.35. The van der Waals surface area contributed by atoms with Gasteiger partial charge in [0.2, 0.25) is 0 Å². The first-order chi connectivity index (χ1) is 16.4. The van der Waals surface area contributed by atoms with Crippen molar-refractivity contribution in [1.82, 2.24) is 4.90 Å². The van der Waals surface area contributed by atoms with Crippen molar-refractivity contribution in [2.75, 3.05) is 18.3 Å². The molecule has 0 saturated carbocycles. The number of phenols is 1. The van der Waals surface area contributed by atoms with Crippen LogP contribution in [0.5, 0.6) is 11.5 Å². The van der Waals surface area contributed by atoms with Gasteiger partial charge in [-0.2, -0.15) is 0 Å². The van der Waals surface area contributed by atoms with Gasteiger partial charge in [-0.3, -0.25) is 9.52 Å². The van der Waals surface area contributed by atoms with Crippen LogP contribution in [0.2, 0.25) is 0 Å². The molecule has 1 aliphatic heterocycles. The molecule has 7 nitrogen and oxygen atoms in total. The summed E-state index contributed by atoms with van der Waals surface area (Å²) in [6.45, 7) is 1.65. The normalized spacial score (nSPS) is 17.5. The van der Waals surface area contributed by atoms with Gasteiger partial charge in [-0.05, 0) is 59.3 Å². The van der Waals surface area contributed by atoms with Crippen molar-refractivity contribution >= 4 is 37.5 Å². The van der Waals surface area contributed by atoms with Crippen molar-refractivity contribution in [3.63, 3.8) is 0 Å². The molecule has 4 bridgehead atoms. The van der Waals surface area contributed by atoms with Crippen molar-refractivity contribution in [3.05, 3.63) is 70.0 Å². The lowest BCUT2D eigenvalue weighted by atomic mass is 10.0. The van der Waals surface area contributed by atoms with Crippen LogP contribution in [0.4, 0.5) is 18.9 Å². The fourth-order valence-electron chi connectivity index (χ4n) is 3.69. The molecule has 1 aliphatic rings. The van der Waals surface area contributed by atoms with Crippen LogP contribution in [0.3, 0.4) is 0 Å². The van der Waals surface area contributed by atoms with Crippen LogP contribution >= 0.6 is 15.9 Å². The number of hydrogen-bond donors (Lipinski definition) is 2. The number of halogens is 4. The number of benzene rings is 3. The van der Waals surface area contributed by atoms with Crippen molar-refractivity contribution < 1.29 is 36.2 Å². The summed E-state index contributed by atoms with van der Waals surface area (Å²) < 4.78 is 77.5. The van der Waals surface area contributed by atoms with Gasteiger partial charge >= 0.3 is 0 Å². The third-order valence-electron chi connectivity index (χ3n) is 5.30. The highest BCUT2D eigenvalue weighted by Gasteiger charge is 2.28. The molecule has 12 heteroatoms. The summed E-state index contributed by atoms with van der Waals surface area (Å²) in [5, 5.41) is 10.4. The number of phenolic OH excluding ortho intramolecular Hbond substituents is 1. The first-order valence-electron chi connectivity index (χ1n) is 10.1. The van der Waals surface area contributed by atoms with Crippen molar-refractivity contribution in [2.24, 2.45) is 0 Å². The summed E-state index contributed by atoms with van der Waals surface area (Å²) >= 11 is 3.03. The van der Waals surface area contributed by atoms with Crippen molar-refractivity contribution in [1.29, 1.82) is 0 Å². The molecule has 1 atom stereocenters. The maximum Gasteiger partial charge on any atom is 0.265 e. The SMILES string of the molecule is C[C@H]1CN(C)C(=O)c2cc(Br)c(O)c(c2)S(=O)(=O)Nc2cc(c(F)cc2F)-c2cc(F)ccc2O1. The minimum absolute atomic E-state index is 0.0195. The topological polar surface area (TPSA) is 95.9 Å². The van der Waals surface area contributed by atoms with Crippen LogP contribution in [-0.4, -0.2) is 44.0 Å². The molecule has 0 saturated heterocycles. The molecule has 35 heavy (non-hydrogen) atoms. The molecule has 0 radical (unpaired) electrons. The number of carbonyl (C=O) groups is 1. The minimum Gasteiger partial charge on any atom is -0.505 e. The first-order valence-corrected chi connectivity index (χ1v) is 12.4. The summed E-state index contributed by atoms with van der Waals surface area (Å²) in [7, 11) is -3.22. The Morgan fingerprint density at radius 2 is 1.80 bits per heavy atom. The van der Waals surface area contributed by atoms with Crippen molar-refractivity contribution in [3.8, 4) is 22.6 Å². The van der Waals surface area contributed by atoms with Crippen LogP contribution in [0.25, 0.3) is 11.1 Å². The van der Waals surface area contributed by atoms with E-state index in [1.165, 1.54) is 24.1 Å².